The zero-order valence-corrected chi connectivity index (χ0v) is 10.1. The molecule has 0 radical (unpaired) electrons. The maximum Gasteiger partial charge on any atom is 0.295 e. The van der Waals surface area contributed by atoms with Gasteiger partial charge in [0.2, 0.25) is 0 Å². The minimum atomic E-state index is -0.654. The third-order valence-corrected chi connectivity index (χ3v) is 2.69. The number of benzene rings is 1. The number of nitro benzene ring substituents is 1. The van der Waals surface area contributed by atoms with Gasteiger partial charge in [-0.1, -0.05) is 0 Å². The number of nitro groups is 1. The lowest BCUT2D eigenvalue weighted by atomic mass is 10.2. The summed E-state index contributed by atoms with van der Waals surface area (Å²) in [6.45, 7) is 0.270. The Morgan fingerprint density at radius 3 is 2.89 bits per heavy atom. The van der Waals surface area contributed by atoms with Crippen molar-refractivity contribution in [2.75, 3.05) is 11.1 Å². The van der Waals surface area contributed by atoms with Gasteiger partial charge in [-0.3, -0.25) is 14.8 Å². The number of nitrogens with zero attached hydrogens (tertiary/aromatic N) is 3. The van der Waals surface area contributed by atoms with E-state index in [9.17, 15) is 14.5 Å². The molecule has 19 heavy (non-hydrogen) atoms. The molecule has 1 aromatic heterocycles. The van der Waals surface area contributed by atoms with E-state index in [1.54, 1.807) is 13.2 Å². The van der Waals surface area contributed by atoms with Crippen molar-refractivity contribution in [2.45, 2.75) is 6.54 Å². The van der Waals surface area contributed by atoms with Crippen LogP contribution in [0.2, 0.25) is 0 Å². The molecule has 0 spiro atoms. The standard InChI is InChI=1S/C11H12FN5O2/c1-16-11(13)7(6-15-16)5-14-9-3-2-8(12)4-10(9)17(18)19/h2-4,6,14H,5,13H2,1H3. The van der Waals surface area contributed by atoms with Crippen molar-refractivity contribution in [2.24, 2.45) is 7.05 Å². The van der Waals surface area contributed by atoms with Crippen molar-refractivity contribution < 1.29 is 9.31 Å². The predicted molar refractivity (Wildman–Crippen MR) is 68.0 cm³/mol. The molecule has 0 aliphatic heterocycles. The number of nitrogens with one attached hydrogen (secondary N) is 1. The van der Waals surface area contributed by atoms with Crippen LogP contribution in [-0.2, 0) is 13.6 Å². The monoisotopic (exact) mass is 265 g/mol. The second-order valence-electron chi connectivity index (χ2n) is 3.95. The Morgan fingerprint density at radius 1 is 1.58 bits per heavy atom. The maximum atomic E-state index is 13.0. The summed E-state index contributed by atoms with van der Waals surface area (Å²) >= 11 is 0. The van der Waals surface area contributed by atoms with Crippen LogP contribution >= 0.6 is 0 Å². The Hall–Kier alpha value is -2.64. The Labute approximate surface area is 108 Å². The third kappa shape index (κ3) is 2.62. The van der Waals surface area contributed by atoms with Crippen molar-refractivity contribution >= 4 is 17.2 Å². The summed E-state index contributed by atoms with van der Waals surface area (Å²) in [6, 6.07) is 3.34. The van der Waals surface area contributed by atoms with Gasteiger partial charge in [-0.15, -0.1) is 0 Å². The molecule has 7 nitrogen and oxygen atoms in total. The van der Waals surface area contributed by atoms with Gasteiger partial charge in [0.1, 0.15) is 17.3 Å². The maximum absolute atomic E-state index is 13.0. The van der Waals surface area contributed by atoms with Gasteiger partial charge >= 0.3 is 0 Å². The van der Waals surface area contributed by atoms with E-state index in [0.29, 0.717) is 11.4 Å². The van der Waals surface area contributed by atoms with Gasteiger partial charge < -0.3 is 11.1 Å². The van der Waals surface area contributed by atoms with Gasteiger partial charge in [-0.25, -0.2) is 4.39 Å². The minimum Gasteiger partial charge on any atom is -0.384 e. The molecule has 1 heterocycles. The second-order valence-corrected chi connectivity index (χ2v) is 3.95. The number of rotatable bonds is 4. The van der Waals surface area contributed by atoms with E-state index in [0.717, 1.165) is 12.1 Å². The summed E-state index contributed by atoms with van der Waals surface area (Å²) in [5, 5.41) is 17.6. The van der Waals surface area contributed by atoms with Crippen LogP contribution in [0.15, 0.2) is 24.4 Å². The molecule has 0 atom stereocenters. The fourth-order valence-corrected chi connectivity index (χ4v) is 1.62. The van der Waals surface area contributed by atoms with Gasteiger partial charge in [0.15, 0.2) is 0 Å². The molecule has 0 aliphatic carbocycles. The summed E-state index contributed by atoms with van der Waals surface area (Å²) in [7, 11) is 1.69. The van der Waals surface area contributed by atoms with Crippen LogP contribution in [-0.4, -0.2) is 14.7 Å². The summed E-state index contributed by atoms with van der Waals surface area (Å²) < 4.78 is 14.5. The molecule has 0 unspecified atom stereocenters. The molecular weight excluding hydrogens is 253 g/mol. The SMILES string of the molecule is Cn1ncc(CNc2ccc(F)cc2[N+](=O)[O-])c1N. The lowest BCUT2D eigenvalue weighted by Gasteiger charge is -2.06. The number of nitrogen functional groups attached to an aromatic ring is 1. The zero-order chi connectivity index (χ0) is 14.0. The number of nitrogens with two attached hydrogens (primary N) is 1. The van der Waals surface area contributed by atoms with Crippen LogP contribution < -0.4 is 11.1 Å². The van der Waals surface area contributed by atoms with Crippen molar-refractivity contribution in [3.63, 3.8) is 0 Å². The normalized spacial score (nSPS) is 10.4. The quantitative estimate of drug-likeness (QED) is 0.647. The van der Waals surface area contributed by atoms with Crippen molar-refractivity contribution in [3.8, 4) is 0 Å². The molecule has 0 bridgehead atoms. The van der Waals surface area contributed by atoms with Crippen LogP contribution in [0.25, 0.3) is 0 Å². The highest BCUT2D eigenvalue weighted by Gasteiger charge is 2.15. The first-order chi connectivity index (χ1) is 8.99. The molecule has 2 rings (SSSR count). The fraction of sp³-hybridized carbons (Fsp3) is 0.182. The molecule has 0 saturated heterocycles. The van der Waals surface area contributed by atoms with Crippen LogP contribution in [0, 0.1) is 15.9 Å². The number of anilines is 2. The van der Waals surface area contributed by atoms with Gasteiger partial charge in [0, 0.05) is 19.2 Å². The average Bonchev–Trinajstić information content (AvgIpc) is 2.68. The number of aryl methyl sites for hydroxylation is 1. The van der Waals surface area contributed by atoms with Crippen molar-refractivity contribution in [1.29, 1.82) is 0 Å². The molecule has 1 aromatic carbocycles. The Kier molecular flexibility index (Phi) is 3.32. The largest absolute Gasteiger partial charge is 0.384 e. The lowest BCUT2D eigenvalue weighted by molar-refractivity contribution is -0.384. The lowest BCUT2D eigenvalue weighted by Crippen LogP contribution is -2.05. The van der Waals surface area contributed by atoms with E-state index in [4.69, 9.17) is 5.73 Å². The molecular formula is C11H12FN5O2. The minimum absolute atomic E-state index is 0.231. The number of aromatic nitrogens is 2. The summed E-state index contributed by atoms with van der Waals surface area (Å²) in [5.74, 6) is -0.185. The van der Waals surface area contributed by atoms with E-state index in [2.05, 4.69) is 10.4 Å². The highest BCUT2D eigenvalue weighted by molar-refractivity contribution is 5.61. The number of hydrogen-bond donors (Lipinski definition) is 2. The van der Waals surface area contributed by atoms with Gasteiger partial charge in [0.05, 0.1) is 17.2 Å². The summed E-state index contributed by atoms with van der Waals surface area (Å²) in [5.41, 5.74) is 6.38. The Bertz CT molecular complexity index is 626. The van der Waals surface area contributed by atoms with E-state index >= 15 is 0 Å². The molecule has 0 fully saturated rings. The van der Waals surface area contributed by atoms with Crippen LogP contribution in [0.5, 0.6) is 0 Å². The van der Waals surface area contributed by atoms with Gasteiger partial charge in [-0.2, -0.15) is 5.10 Å². The average molecular weight is 265 g/mol. The van der Waals surface area contributed by atoms with Crippen LogP contribution in [0.4, 0.5) is 21.6 Å². The first-order valence-electron chi connectivity index (χ1n) is 5.43. The molecule has 0 amide bonds. The van der Waals surface area contributed by atoms with E-state index in [1.165, 1.54) is 10.7 Å². The third-order valence-electron chi connectivity index (χ3n) is 2.69. The number of halogens is 1. The van der Waals surface area contributed by atoms with E-state index in [-0.39, 0.29) is 17.9 Å². The predicted octanol–water partition coefficient (Wildman–Crippen LogP) is 1.66. The molecule has 0 aliphatic rings. The Morgan fingerprint density at radius 2 is 2.32 bits per heavy atom. The summed E-state index contributed by atoms with van der Waals surface area (Å²) in [4.78, 5) is 10.2. The highest BCUT2D eigenvalue weighted by atomic mass is 19.1. The van der Waals surface area contributed by atoms with Crippen molar-refractivity contribution in [3.05, 3.63) is 45.9 Å². The van der Waals surface area contributed by atoms with Gasteiger partial charge in [-0.05, 0) is 12.1 Å². The zero-order valence-electron chi connectivity index (χ0n) is 10.1. The van der Waals surface area contributed by atoms with E-state index in [1.807, 2.05) is 0 Å². The molecule has 2 aromatic rings. The molecule has 0 saturated carbocycles. The number of hydrogen-bond acceptors (Lipinski definition) is 5. The first-order valence-corrected chi connectivity index (χ1v) is 5.43. The highest BCUT2D eigenvalue weighted by Crippen LogP contribution is 2.25. The second kappa shape index (κ2) is 4.92. The molecule has 3 N–H and O–H groups in total. The molecule has 100 valence electrons. The van der Waals surface area contributed by atoms with Gasteiger partial charge in [0.25, 0.3) is 5.69 Å². The Balaban J connectivity index is 2.20. The van der Waals surface area contributed by atoms with E-state index < -0.39 is 10.7 Å². The van der Waals surface area contributed by atoms with Crippen LogP contribution in [0.3, 0.4) is 0 Å². The first kappa shape index (κ1) is 12.8. The topological polar surface area (TPSA) is 99.0 Å². The fourth-order valence-electron chi connectivity index (χ4n) is 1.62. The smallest absolute Gasteiger partial charge is 0.295 e. The summed E-state index contributed by atoms with van der Waals surface area (Å²) in [6.07, 6.45) is 1.57. The molecule has 8 heteroatoms. The van der Waals surface area contributed by atoms with Crippen molar-refractivity contribution in [1.82, 2.24) is 9.78 Å². The van der Waals surface area contributed by atoms with Crippen LogP contribution in [0.1, 0.15) is 5.56 Å².